The van der Waals surface area contributed by atoms with Gasteiger partial charge >= 0.3 is 0 Å². The fraction of sp³-hybridized carbons (Fsp3) is 0.214. The van der Waals surface area contributed by atoms with E-state index in [-0.39, 0.29) is 0 Å². The van der Waals surface area contributed by atoms with Crippen LogP contribution in [0.5, 0.6) is 34.5 Å². The van der Waals surface area contributed by atoms with Gasteiger partial charge in [-0.15, -0.1) is 0 Å². The molecule has 0 unspecified atom stereocenters. The molecule has 5 aromatic carbocycles. The second kappa shape index (κ2) is 8.37. The van der Waals surface area contributed by atoms with Crippen LogP contribution in [-0.2, 0) is 0 Å². The van der Waals surface area contributed by atoms with Gasteiger partial charge in [-0.1, -0.05) is 24.3 Å². The third-order valence-electron chi connectivity index (χ3n) is 6.37. The molecule has 0 aliphatic heterocycles. The van der Waals surface area contributed by atoms with Crippen LogP contribution in [0, 0.1) is 0 Å². The zero-order chi connectivity index (χ0) is 24.0. The summed E-state index contributed by atoms with van der Waals surface area (Å²) in [6, 6.07) is 16.7. The van der Waals surface area contributed by atoms with Gasteiger partial charge in [0.2, 0.25) is 11.5 Å². The van der Waals surface area contributed by atoms with Crippen LogP contribution in [0.3, 0.4) is 0 Å². The topological polar surface area (TPSA) is 55.4 Å². The molecule has 0 aliphatic rings. The second-order valence-electron chi connectivity index (χ2n) is 7.91. The van der Waals surface area contributed by atoms with E-state index < -0.39 is 0 Å². The lowest BCUT2D eigenvalue weighted by Gasteiger charge is -2.18. The first kappa shape index (κ1) is 21.8. The Kier molecular flexibility index (Phi) is 5.36. The summed E-state index contributed by atoms with van der Waals surface area (Å²) in [5.74, 6) is 3.69. The molecular weight excluding hydrogens is 432 g/mol. The predicted molar refractivity (Wildman–Crippen MR) is 136 cm³/mol. The number of rotatable bonds is 6. The first-order valence-corrected chi connectivity index (χ1v) is 10.8. The minimum Gasteiger partial charge on any atom is -0.493 e. The molecule has 0 saturated carbocycles. The molecule has 0 radical (unpaired) electrons. The summed E-state index contributed by atoms with van der Waals surface area (Å²) in [7, 11) is 9.78. The number of hydrogen-bond donors (Lipinski definition) is 0. The summed E-state index contributed by atoms with van der Waals surface area (Å²) >= 11 is 0. The third-order valence-corrected chi connectivity index (χ3v) is 6.37. The number of ether oxygens (including phenoxy) is 6. The Hall–Kier alpha value is -4.06. The van der Waals surface area contributed by atoms with Crippen molar-refractivity contribution in [2.24, 2.45) is 0 Å². The molecule has 174 valence electrons. The predicted octanol–water partition coefficient (Wildman–Crippen LogP) is 6.35. The molecule has 5 rings (SSSR count). The van der Waals surface area contributed by atoms with Crippen molar-refractivity contribution in [3.05, 3.63) is 48.5 Å². The Morgan fingerprint density at radius 3 is 1.06 bits per heavy atom. The van der Waals surface area contributed by atoms with E-state index >= 15 is 0 Å². The van der Waals surface area contributed by atoms with Gasteiger partial charge < -0.3 is 28.4 Å². The molecule has 0 aliphatic carbocycles. The smallest absolute Gasteiger partial charge is 0.203 e. The van der Waals surface area contributed by atoms with E-state index in [2.05, 4.69) is 36.4 Å². The van der Waals surface area contributed by atoms with Gasteiger partial charge in [-0.25, -0.2) is 0 Å². The molecule has 6 heteroatoms. The summed E-state index contributed by atoms with van der Waals surface area (Å²) in [6.45, 7) is 0. The maximum absolute atomic E-state index is 5.82. The van der Waals surface area contributed by atoms with Crippen LogP contribution in [0.15, 0.2) is 48.5 Å². The molecule has 0 heterocycles. The van der Waals surface area contributed by atoms with Crippen LogP contribution < -0.4 is 28.4 Å². The van der Waals surface area contributed by atoms with Crippen LogP contribution >= 0.6 is 0 Å². The van der Waals surface area contributed by atoms with Crippen molar-refractivity contribution in [2.75, 3.05) is 42.7 Å². The maximum atomic E-state index is 5.82. The van der Waals surface area contributed by atoms with Gasteiger partial charge in [-0.05, 0) is 56.6 Å². The minimum absolute atomic E-state index is 0.571. The fourth-order valence-electron chi connectivity index (χ4n) is 4.87. The van der Waals surface area contributed by atoms with E-state index in [0.717, 1.165) is 43.1 Å². The van der Waals surface area contributed by atoms with Crippen molar-refractivity contribution < 1.29 is 28.4 Å². The summed E-state index contributed by atoms with van der Waals surface area (Å²) in [6.07, 6.45) is 0. The van der Waals surface area contributed by atoms with E-state index in [1.165, 1.54) is 0 Å². The summed E-state index contributed by atoms with van der Waals surface area (Å²) < 4.78 is 34.0. The number of hydrogen-bond acceptors (Lipinski definition) is 6. The summed E-state index contributed by atoms with van der Waals surface area (Å²) in [4.78, 5) is 0. The van der Waals surface area contributed by atoms with Gasteiger partial charge in [-0.3, -0.25) is 0 Å². The molecule has 0 bridgehead atoms. The van der Waals surface area contributed by atoms with Crippen molar-refractivity contribution >= 4 is 43.1 Å². The highest BCUT2D eigenvalue weighted by Crippen LogP contribution is 2.49. The van der Waals surface area contributed by atoms with E-state index in [1.54, 1.807) is 42.7 Å². The molecule has 0 aromatic heterocycles. The van der Waals surface area contributed by atoms with Gasteiger partial charge in [0, 0.05) is 10.8 Å². The average Bonchev–Trinajstić information content (AvgIpc) is 2.88. The van der Waals surface area contributed by atoms with Crippen molar-refractivity contribution in [1.82, 2.24) is 0 Å². The van der Waals surface area contributed by atoms with E-state index in [9.17, 15) is 0 Å². The minimum atomic E-state index is 0.571. The Labute approximate surface area is 197 Å². The molecule has 0 amide bonds. The first-order chi connectivity index (χ1) is 16.6. The van der Waals surface area contributed by atoms with Gasteiger partial charge in [0.25, 0.3) is 0 Å². The summed E-state index contributed by atoms with van der Waals surface area (Å²) in [5.41, 5.74) is 0. The van der Waals surface area contributed by atoms with E-state index in [0.29, 0.717) is 34.5 Å². The van der Waals surface area contributed by atoms with Gasteiger partial charge in [0.05, 0.1) is 42.7 Å². The average molecular weight is 459 g/mol. The van der Waals surface area contributed by atoms with Crippen molar-refractivity contribution in [3.8, 4) is 34.5 Å². The normalized spacial score (nSPS) is 11.2. The van der Waals surface area contributed by atoms with Crippen LogP contribution in [0.2, 0.25) is 0 Å². The zero-order valence-electron chi connectivity index (χ0n) is 20.1. The molecule has 0 atom stereocenters. The van der Waals surface area contributed by atoms with Crippen LogP contribution in [-0.4, -0.2) is 42.7 Å². The van der Waals surface area contributed by atoms with Crippen LogP contribution in [0.1, 0.15) is 0 Å². The highest BCUT2D eigenvalue weighted by Gasteiger charge is 2.21. The lowest BCUT2D eigenvalue weighted by Crippen LogP contribution is -1.97. The quantitative estimate of drug-likeness (QED) is 0.218. The molecule has 5 aromatic rings. The highest BCUT2D eigenvalue weighted by atomic mass is 16.5. The van der Waals surface area contributed by atoms with Gasteiger partial charge in [-0.2, -0.15) is 0 Å². The van der Waals surface area contributed by atoms with Crippen molar-refractivity contribution in [3.63, 3.8) is 0 Å². The molecular formula is C28H26O6. The Morgan fingerprint density at radius 2 is 0.735 bits per heavy atom. The number of fused-ring (bicyclic) bond motifs is 6. The highest BCUT2D eigenvalue weighted by molar-refractivity contribution is 6.20. The Morgan fingerprint density at radius 1 is 0.382 bits per heavy atom. The summed E-state index contributed by atoms with van der Waals surface area (Å²) in [5, 5.41) is 8.20. The van der Waals surface area contributed by atoms with Gasteiger partial charge in [0.15, 0.2) is 23.0 Å². The maximum Gasteiger partial charge on any atom is 0.203 e. The van der Waals surface area contributed by atoms with Crippen molar-refractivity contribution in [1.29, 1.82) is 0 Å². The van der Waals surface area contributed by atoms with Crippen LogP contribution in [0.4, 0.5) is 0 Å². The number of benzene rings is 5. The Balaban J connectivity index is 1.94. The monoisotopic (exact) mass is 458 g/mol. The van der Waals surface area contributed by atoms with Crippen LogP contribution in [0.25, 0.3) is 43.1 Å². The molecule has 6 nitrogen and oxygen atoms in total. The lowest BCUT2D eigenvalue weighted by atomic mass is 9.94. The lowest BCUT2D eigenvalue weighted by molar-refractivity contribution is 0.327. The molecule has 0 fully saturated rings. The molecule has 0 spiro atoms. The SMILES string of the molecule is COc1cc2ccc3cc4c(ccc5cc(OC)c(OC)c(OC)c54)cc3c2c(OC)c1OC. The van der Waals surface area contributed by atoms with Gasteiger partial charge in [0.1, 0.15) is 0 Å². The molecule has 0 N–H and O–H groups in total. The van der Waals surface area contributed by atoms with Crippen molar-refractivity contribution in [2.45, 2.75) is 0 Å². The Bertz CT molecular complexity index is 1450. The molecule has 0 saturated heterocycles. The largest absolute Gasteiger partial charge is 0.493 e. The number of methoxy groups -OCH3 is 6. The first-order valence-electron chi connectivity index (χ1n) is 10.8. The van der Waals surface area contributed by atoms with E-state index in [1.807, 2.05) is 12.1 Å². The second-order valence-corrected chi connectivity index (χ2v) is 7.91. The zero-order valence-corrected chi connectivity index (χ0v) is 20.1. The third kappa shape index (κ3) is 3.02. The van der Waals surface area contributed by atoms with E-state index in [4.69, 9.17) is 28.4 Å². The fourth-order valence-corrected chi connectivity index (χ4v) is 4.87. The molecule has 34 heavy (non-hydrogen) atoms. The standard InChI is InChI=1S/C28H26O6/c1-29-21-13-17-9-7-15-12-20-16(11-19(15)23(17)27(33-5)25(21)31-3)8-10-18-14-22(30-2)26(32-4)28(34-6)24(18)20/h7-14H,1-6H3.